The number of hydrogen-bond acceptors (Lipinski definition) is 5. The molecule has 0 saturated heterocycles. The van der Waals surface area contributed by atoms with Crippen LogP contribution in [0.15, 0.2) is 5.38 Å². The highest BCUT2D eigenvalue weighted by atomic mass is 32.2. The molecule has 0 unspecified atom stereocenters. The smallest absolute Gasteiger partial charge is 0.214 e. The molecular formula is C14H25N3O2S2. The summed E-state index contributed by atoms with van der Waals surface area (Å²) >= 11 is 1.53. The third kappa shape index (κ3) is 4.74. The lowest BCUT2D eigenvalue weighted by Crippen LogP contribution is -2.32. The molecule has 1 aliphatic rings. The Morgan fingerprint density at radius 2 is 2.00 bits per heavy atom. The van der Waals surface area contributed by atoms with Crippen LogP contribution in [0.2, 0.25) is 0 Å². The predicted octanol–water partition coefficient (Wildman–Crippen LogP) is 2.35. The van der Waals surface area contributed by atoms with Crippen LogP contribution >= 0.6 is 11.3 Å². The maximum absolute atomic E-state index is 12.1. The molecule has 1 fully saturated rings. The molecule has 7 heteroatoms. The maximum atomic E-state index is 12.1. The Labute approximate surface area is 131 Å². The number of nitrogens with one attached hydrogen (secondary N) is 1. The first kappa shape index (κ1) is 16.9. The van der Waals surface area contributed by atoms with Gasteiger partial charge in [0.05, 0.1) is 17.5 Å². The van der Waals surface area contributed by atoms with E-state index in [1.54, 1.807) is 0 Å². The Balaban J connectivity index is 1.87. The standard InChI is InChI=1S/C14H25N3O2S2/c1-3-17(4-2)10-12-11-20-14(16-12)9-15-21(18,19)13-7-5-6-8-13/h11,13,15H,3-10H2,1-2H3. The number of sulfonamides is 1. The van der Waals surface area contributed by atoms with E-state index in [1.807, 2.05) is 5.38 Å². The molecule has 1 saturated carbocycles. The van der Waals surface area contributed by atoms with Crippen molar-refractivity contribution in [2.45, 2.75) is 57.9 Å². The second kappa shape index (κ2) is 7.67. The Kier molecular flexibility index (Phi) is 6.16. The maximum Gasteiger partial charge on any atom is 0.214 e. The van der Waals surface area contributed by atoms with Crippen molar-refractivity contribution < 1.29 is 8.42 Å². The SMILES string of the molecule is CCN(CC)Cc1csc(CNS(=O)(=O)C2CCCC2)n1. The minimum absolute atomic E-state index is 0.201. The van der Waals surface area contributed by atoms with Crippen molar-refractivity contribution in [2.75, 3.05) is 13.1 Å². The van der Waals surface area contributed by atoms with E-state index in [2.05, 4.69) is 28.5 Å². The number of hydrogen-bond donors (Lipinski definition) is 1. The van der Waals surface area contributed by atoms with E-state index in [-0.39, 0.29) is 5.25 Å². The van der Waals surface area contributed by atoms with Gasteiger partial charge in [0.25, 0.3) is 0 Å². The second-order valence-corrected chi connectivity index (χ2v) is 8.45. The molecule has 0 aliphatic heterocycles. The van der Waals surface area contributed by atoms with E-state index in [4.69, 9.17) is 0 Å². The monoisotopic (exact) mass is 331 g/mol. The topological polar surface area (TPSA) is 62.3 Å². The number of rotatable bonds is 8. The Hall–Kier alpha value is -0.500. The minimum Gasteiger partial charge on any atom is -0.298 e. The van der Waals surface area contributed by atoms with Crippen molar-refractivity contribution in [1.29, 1.82) is 0 Å². The van der Waals surface area contributed by atoms with Gasteiger partial charge >= 0.3 is 0 Å². The third-order valence-electron chi connectivity index (χ3n) is 4.04. The van der Waals surface area contributed by atoms with Gasteiger partial charge in [0.15, 0.2) is 0 Å². The largest absolute Gasteiger partial charge is 0.298 e. The molecule has 1 aromatic rings. The van der Waals surface area contributed by atoms with Crippen LogP contribution in [0.5, 0.6) is 0 Å². The van der Waals surface area contributed by atoms with Gasteiger partial charge < -0.3 is 0 Å². The van der Waals surface area contributed by atoms with Crippen LogP contribution in [0.4, 0.5) is 0 Å². The average Bonchev–Trinajstić information content (AvgIpc) is 3.14. The molecule has 120 valence electrons. The summed E-state index contributed by atoms with van der Waals surface area (Å²) in [6.45, 7) is 7.41. The molecule has 0 radical (unpaired) electrons. The van der Waals surface area contributed by atoms with Crippen molar-refractivity contribution >= 4 is 21.4 Å². The van der Waals surface area contributed by atoms with Crippen molar-refractivity contribution in [2.24, 2.45) is 0 Å². The number of nitrogens with zero attached hydrogens (tertiary/aromatic N) is 2. The molecule has 0 amide bonds. The average molecular weight is 332 g/mol. The van der Waals surface area contributed by atoms with E-state index < -0.39 is 10.0 Å². The molecule has 1 aromatic heterocycles. The molecule has 0 bridgehead atoms. The van der Waals surface area contributed by atoms with E-state index in [0.717, 1.165) is 56.0 Å². The van der Waals surface area contributed by atoms with E-state index in [1.165, 1.54) is 11.3 Å². The van der Waals surface area contributed by atoms with E-state index in [9.17, 15) is 8.42 Å². The molecular weight excluding hydrogens is 306 g/mol. The van der Waals surface area contributed by atoms with Crippen LogP contribution in [0.25, 0.3) is 0 Å². The van der Waals surface area contributed by atoms with E-state index >= 15 is 0 Å². The zero-order valence-corrected chi connectivity index (χ0v) is 14.5. The summed E-state index contributed by atoms with van der Waals surface area (Å²) in [4.78, 5) is 6.82. The van der Waals surface area contributed by atoms with Crippen LogP contribution in [0.3, 0.4) is 0 Å². The van der Waals surface area contributed by atoms with Gasteiger partial charge in [-0.25, -0.2) is 18.1 Å². The highest BCUT2D eigenvalue weighted by Gasteiger charge is 2.28. The summed E-state index contributed by atoms with van der Waals surface area (Å²) in [5, 5.41) is 2.67. The third-order valence-corrected chi connectivity index (χ3v) is 6.84. The lowest BCUT2D eigenvalue weighted by molar-refractivity contribution is 0.292. The summed E-state index contributed by atoms with van der Waals surface area (Å²) < 4.78 is 27.0. The van der Waals surface area contributed by atoms with Crippen molar-refractivity contribution in [3.05, 3.63) is 16.1 Å². The molecule has 0 atom stereocenters. The lowest BCUT2D eigenvalue weighted by Gasteiger charge is -2.15. The van der Waals surface area contributed by atoms with E-state index in [0.29, 0.717) is 6.54 Å². The fraction of sp³-hybridized carbons (Fsp3) is 0.786. The number of thiazole rings is 1. The van der Waals surface area contributed by atoms with Gasteiger partial charge in [-0.05, 0) is 25.9 Å². The Morgan fingerprint density at radius 1 is 1.33 bits per heavy atom. The number of aromatic nitrogens is 1. The summed E-state index contributed by atoms with van der Waals surface area (Å²) in [5.74, 6) is 0. The summed E-state index contributed by atoms with van der Waals surface area (Å²) in [6, 6.07) is 0. The summed E-state index contributed by atoms with van der Waals surface area (Å²) in [7, 11) is -3.18. The molecule has 1 heterocycles. The summed E-state index contributed by atoms with van der Waals surface area (Å²) in [6.07, 6.45) is 3.63. The van der Waals surface area contributed by atoms with Gasteiger partial charge in [0.1, 0.15) is 5.01 Å². The van der Waals surface area contributed by atoms with Crippen molar-refractivity contribution in [1.82, 2.24) is 14.6 Å². The molecule has 1 aliphatic carbocycles. The van der Waals surface area contributed by atoms with Crippen molar-refractivity contribution in [3.8, 4) is 0 Å². The first-order valence-electron chi connectivity index (χ1n) is 7.69. The van der Waals surface area contributed by atoms with Gasteiger partial charge in [0.2, 0.25) is 10.0 Å². The van der Waals surface area contributed by atoms with Crippen LogP contribution < -0.4 is 4.72 Å². The van der Waals surface area contributed by atoms with Crippen LogP contribution in [-0.2, 0) is 23.1 Å². The van der Waals surface area contributed by atoms with Crippen LogP contribution in [0.1, 0.15) is 50.2 Å². The lowest BCUT2D eigenvalue weighted by atomic mass is 10.4. The molecule has 21 heavy (non-hydrogen) atoms. The Bertz CT molecular complexity index is 532. The quantitative estimate of drug-likeness (QED) is 0.794. The molecule has 0 spiro atoms. The fourth-order valence-electron chi connectivity index (χ4n) is 2.66. The highest BCUT2D eigenvalue weighted by Crippen LogP contribution is 2.24. The van der Waals surface area contributed by atoms with Gasteiger partial charge in [0, 0.05) is 11.9 Å². The molecule has 1 N–H and O–H groups in total. The van der Waals surface area contributed by atoms with Gasteiger partial charge in [-0.3, -0.25) is 4.90 Å². The second-order valence-electron chi connectivity index (χ2n) is 5.47. The zero-order valence-electron chi connectivity index (χ0n) is 12.8. The molecule has 0 aromatic carbocycles. The van der Waals surface area contributed by atoms with Crippen molar-refractivity contribution in [3.63, 3.8) is 0 Å². The molecule has 5 nitrogen and oxygen atoms in total. The fourth-order valence-corrected chi connectivity index (χ4v) is 5.00. The molecule has 2 rings (SSSR count). The normalized spacial score (nSPS) is 16.9. The Morgan fingerprint density at radius 3 is 2.62 bits per heavy atom. The van der Waals surface area contributed by atoms with Gasteiger partial charge in [-0.1, -0.05) is 26.7 Å². The predicted molar refractivity (Wildman–Crippen MR) is 86.8 cm³/mol. The minimum atomic E-state index is -3.18. The highest BCUT2D eigenvalue weighted by molar-refractivity contribution is 7.90. The summed E-state index contributed by atoms with van der Waals surface area (Å²) in [5.41, 5.74) is 1.03. The van der Waals surface area contributed by atoms with Gasteiger partial charge in [-0.2, -0.15) is 0 Å². The van der Waals surface area contributed by atoms with Crippen LogP contribution in [-0.4, -0.2) is 36.6 Å². The first-order valence-corrected chi connectivity index (χ1v) is 10.1. The zero-order chi connectivity index (χ0) is 15.3. The van der Waals surface area contributed by atoms with Gasteiger partial charge in [-0.15, -0.1) is 11.3 Å². The van der Waals surface area contributed by atoms with Crippen LogP contribution in [0, 0.1) is 0 Å². The first-order chi connectivity index (χ1) is 10.0.